The van der Waals surface area contributed by atoms with Gasteiger partial charge in [-0.05, 0) is 91.6 Å². The van der Waals surface area contributed by atoms with Crippen LogP contribution in [0.5, 0.6) is 17.2 Å². The fraction of sp³-hybridized carbons (Fsp3) is 0.214. The predicted octanol–water partition coefficient (Wildman–Crippen LogP) is 5.60. The minimum atomic E-state index is -0.152. The van der Waals surface area contributed by atoms with Crippen molar-refractivity contribution in [1.29, 1.82) is 0 Å². The van der Waals surface area contributed by atoms with Gasteiger partial charge in [0.05, 0.1) is 0 Å². The molecule has 0 saturated carbocycles. The molecule has 3 aromatic carbocycles. The molecule has 1 amide bonds. The molecule has 1 aliphatic heterocycles. The molecule has 0 bridgehead atoms. The lowest BCUT2D eigenvalue weighted by Crippen LogP contribution is -2.38. The number of phenols is 2. The fourth-order valence-electron chi connectivity index (χ4n) is 4.35. The molecule has 0 spiro atoms. The van der Waals surface area contributed by atoms with Crippen LogP contribution in [0, 0.1) is 0 Å². The van der Waals surface area contributed by atoms with Crippen LogP contribution in [0.2, 0.25) is 0 Å². The smallest absolute Gasteiger partial charge is 0.260 e. The number of fused-ring (bicyclic) bond motifs is 1. The predicted molar refractivity (Wildman–Crippen MR) is 136 cm³/mol. The molecule has 0 radical (unpaired) electrons. The number of likely N-dealkylation sites (tertiary alicyclic amines) is 1. The largest absolute Gasteiger partial charge is 0.508 e. The van der Waals surface area contributed by atoms with E-state index >= 15 is 0 Å². The van der Waals surface area contributed by atoms with Crippen molar-refractivity contribution in [1.82, 2.24) is 4.90 Å². The highest BCUT2D eigenvalue weighted by Crippen LogP contribution is 2.41. The molecular weight excluding hydrogens is 462 g/mol. The number of benzene rings is 3. The number of aromatic hydroxyl groups is 2. The van der Waals surface area contributed by atoms with E-state index in [1.165, 1.54) is 11.3 Å². The quantitative estimate of drug-likeness (QED) is 0.346. The molecule has 1 aliphatic rings. The zero-order valence-electron chi connectivity index (χ0n) is 19.1. The summed E-state index contributed by atoms with van der Waals surface area (Å²) in [7, 11) is 0. The number of amides is 1. The Bertz CT molecular complexity index is 1370. The van der Waals surface area contributed by atoms with Crippen LogP contribution in [0.4, 0.5) is 0 Å². The highest BCUT2D eigenvalue weighted by molar-refractivity contribution is 7.22. The average Bonchev–Trinajstić information content (AvgIpc) is 3.26. The van der Waals surface area contributed by atoms with E-state index in [-0.39, 0.29) is 29.8 Å². The average molecular weight is 488 g/mol. The SMILES string of the molecule is O=C(c1ccc(OCC(=O)N2CCCCC2)cc1)c1c(-c2ccc(O)cc2)sc2cc(O)ccc12. The van der Waals surface area contributed by atoms with Gasteiger partial charge in [-0.25, -0.2) is 0 Å². The van der Waals surface area contributed by atoms with E-state index in [4.69, 9.17) is 4.74 Å². The molecule has 4 aromatic rings. The summed E-state index contributed by atoms with van der Waals surface area (Å²) in [6.07, 6.45) is 3.23. The van der Waals surface area contributed by atoms with Gasteiger partial charge in [0.25, 0.3) is 5.91 Å². The molecule has 1 fully saturated rings. The number of piperidine rings is 1. The normalized spacial score (nSPS) is 13.7. The number of thiophene rings is 1. The van der Waals surface area contributed by atoms with Crippen LogP contribution in [-0.4, -0.2) is 46.5 Å². The summed E-state index contributed by atoms with van der Waals surface area (Å²) in [4.78, 5) is 28.6. The summed E-state index contributed by atoms with van der Waals surface area (Å²) in [6, 6.07) is 18.5. The van der Waals surface area contributed by atoms with Gasteiger partial charge in [0.1, 0.15) is 17.2 Å². The van der Waals surface area contributed by atoms with Crippen molar-refractivity contribution >= 4 is 33.1 Å². The monoisotopic (exact) mass is 487 g/mol. The van der Waals surface area contributed by atoms with Crippen LogP contribution >= 0.6 is 11.3 Å². The first-order chi connectivity index (χ1) is 17.0. The molecule has 35 heavy (non-hydrogen) atoms. The first-order valence-corrected chi connectivity index (χ1v) is 12.4. The van der Waals surface area contributed by atoms with E-state index in [0.717, 1.165) is 52.9 Å². The molecule has 2 N–H and O–H groups in total. The fourth-order valence-corrected chi connectivity index (χ4v) is 5.59. The minimum absolute atomic E-state index is 0.0169. The molecule has 0 unspecified atom stereocenters. The number of hydrogen-bond acceptors (Lipinski definition) is 6. The van der Waals surface area contributed by atoms with Crippen molar-refractivity contribution in [3.8, 4) is 27.7 Å². The lowest BCUT2D eigenvalue weighted by molar-refractivity contribution is -0.134. The third-order valence-electron chi connectivity index (χ3n) is 6.22. The third kappa shape index (κ3) is 4.86. The van der Waals surface area contributed by atoms with E-state index in [9.17, 15) is 19.8 Å². The maximum absolute atomic E-state index is 13.6. The zero-order valence-corrected chi connectivity index (χ0v) is 19.9. The van der Waals surface area contributed by atoms with Gasteiger partial charge in [-0.3, -0.25) is 9.59 Å². The number of rotatable bonds is 6. The van der Waals surface area contributed by atoms with Gasteiger partial charge in [0.2, 0.25) is 0 Å². The third-order valence-corrected chi connectivity index (χ3v) is 7.42. The number of hydrogen-bond donors (Lipinski definition) is 2. The molecule has 7 heteroatoms. The van der Waals surface area contributed by atoms with Crippen molar-refractivity contribution in [2.75, 3.05) is 19.7 Å². The number of phenolic OH excluding ortho intramolecular Hbond substituents is 2. The van der Waals surface area contributed by atoms with Gasteiger partial charge in [0, 0.05) is 39.2 Å². The lowest BCUT2D eigenvalue weighted by atomic mass is 9.97. The summed E-state index contributed by atoms with van der Waals surface area (Å²) in [6.45, 7) is 1.55. The van der Waals surface area contributed by atoms with Crippen molar-refractivity contribution < 1.29 is 24.5 Å². The minimum Gasteiger partial charge on any atom is -0.508 e. The molecular formula is C28H25NO5S. The molecule has 5 rings (SSSR count). The maximum atomic E-state index is 13.6. The van der Waals surface area contributed by atoms with Gasteiger partial charge in [-0.15, -0.1) is 11.3 Å². The van der Waals surface area contributed by atoms with Crippen LogP contribution in [0.25, 0.3) is 20.5 Å². The summed E-state index contributed by atoms with van der Waals surface area (Å²) < 4.78 is 6.48. The highest BCUT2D eigenvalue weighted by atomic mass is 32.1. The standard InChI is InChI=1S/C28H25NO5S/c30-20-8-4-19(5-9-20)28-26(23-13-10-21(31)16-24(23)35-28)27(33)18-6-11-22(12-7-18)34-17-25(32)29-14-2-1-3-15-29/h4-13,16,30-31H,1-3,14-15,17H2. The van der Waals surface area contributed by atoms with Crippen LogP contribution in [0.1, 0.15) is 35.2 Å². The molecule has 1 saturated heterocycles. The van der Waals surface area contributed by atoms with Gasteiger partial charge in [-0.1, -0.05) is 0 Å². The van der Waals surface area contributed by atoms with Gasteiger partial charge >= 0.3 is 0 Å². The van der Waals surface area contributed by atoms with Crippen LogP contribution in [0.3, 0.4) is 0 Å². The van der Waals surface area contributed by atoms with E-state index in [0.29, 0.717) is 16.9 Å². The van der Waals surface area contributed by atoms with Crippen molar-refractivity contribution in [2.24, 2.45) is 0 Å². The van der Waals surface area contributed by atoms with Gasteiger partial charge in [-0.2, -0.15) is 0 Å². The Hall–Kier alpha value is -3.84. The number of nitrogens with zero attached hydrogens (tertiary/aromatic N) is 1. The molecule has 2 heterocycles. The van der Waals surface area contributed by atoms with E-state index in [2.05, 4.69) is 0 Å². The second-order valence-corrected chi connectivity index (χ2v) is 9.67. The van der Waals surface area contributed by atoms with Crippen molar-refractivity contribution in [3.05, 3.63) is 77.9 Å². The first-order valence-electron chi connectivity index (χ1n) is 11.6. The summed E-state index contributed by atoms with van der Waals surface area (Å²) in [5.41, 5.74) is 1.85. The summed E-state index contributed by atoms with van der Waals surface area (Å²) in [5, 5.41) is 20.4. The topological polar surface area (TPSA) is 87.1 Å². The highest BCUT2D eigenvalue weighted by Gasteiger charge is 2.22. The van der Waals surface area contributed by atoms with E-state index in [1.807, 2.05) is 4.90 Å². The molecule has 178 valence electrons. The van der Waals surface area contributed by atoms with Crippen LogP contribution < -0.4 is 4.74 Å². The number of ether oxygens (including phenoxy) is 1. The maximum Gasteiger partial charge on any atom is 0.260 e. The number of ketones is 1. The molecule has 0 aliphatic carbocycles. The second kappa shape index (κ2) is 9.80. The van der Waals surface area contributed by atoms with Crippen LogP contribution in [-0.2, 0) is 4.79 Å². The van der Waals surface area contributed by atoms with Crippen molar-refractivity contribution in [2.45, 2.75) is 19.3 Å². The van der Waals surface area contributed by atoms with Gasteiger partial charge in [0.15, 0.2) is 12.4 Å². The molecule has 1 aromatic heterocycles. The Kier molecular flexibility index (Phi) is 6.42. The molecule has 0 atom stereocenters. The van der Waals surface area contributed by atoms with Crippen LogP contribution in [0.15, 0.2) is 66.7 Å². The summed E-state index contributed by atoms with van der Waals surface area (Å²) >= 11 is 1.42. The number of carbonyl (C=O) groups is 2. The Morgan fingerprint density at radius 1 is 0.857 bits per heavy atom. The van der Waals surface area contributed by atoms with Crippen molar-refractivity contribution in [3.63, 3.8) is 0 Å². The Balaban J connectivity index is 1.40. The van der Waals surface area contributed by atoms with E-state index in [1.54, 1.807) is 66.7 Å². The van der Waals surface area contributed by atoms with E-state index < -0.39 is 0 Å². The first kappa shape index (κ1) is 22.9. The Morgan fingerprint density at radius 3 is 2.26 bits per heavy atom. The second-order valence-electron chi connectivity index (χ2n) is 8.62. The summed E-state index contributed by atoms with van der Waals surface area (Å²) in [5.74, 6) is 0.647. The van der Waals surface area contributed by atoms with Gasteiger partial charge < -0.3 is 19.8 Å². The zero-order chi connectivity index (χ0) is 24.4. The lowest BCUT2D eigenvalue weighted by Gasteiger charge is -2.26. The number of carbonyl (C=O) groups excluding carboxylic acids is 2. The Morgan fingerprint density at radius 2 is 1.54 bits per heavy atom. The molecule has 6 nitrogen and oxygen atoms in total. The Labute approximate surface area is 207 Å².